The van der Waals surface area contributed by atoms with Gasteiger partial charge in [-0.15, -0.1) is 0 Å². The number of benzene rings is 2. The van der Waals surface area contributed by atoms with Crippen LogP contribution >= 0.6 is 0 Å². The molecule has 0 radical (unpaired) electrons. The summed E-state index contributed by atoms with van der Waals surface area (Å²) in [6.45, 7) is 1.24. The van der Waals surface area contributed by atoms with Gasteiger partial charge in [-0.05, 0) is 55.0 Å². The molecule has 2 aliphatic rings. The molecule has 0 saturated carbocycles. The van der Waals surface area contributed by atoms with E-state index < -0.39 is 5.79 Å². The van der Waals surface area contributed by atoms with Crippen LogP contribution in [-0.4, -0.2) is 43.4 Å². The molecule has 1 aliphatic heterocycles. The van der Waals surface area contributed by atoms with Crippen LogP contribution in [-0.2, 0) is 22.3 Å². The van der Waals surface area contributed by atoms with Gasteiger partial charge in [0.1, 0.15) is 5.75 Å². The Hall–Kier alpha value is -2.44. The normalized spacial score (nSPS) is 18.6. The molecule has 156 valence electrons. The molecule has 4 bridgehead atoms. The van der Waals surface area contributed by atoms with E-state index in [1.54, 1.807) is 6.07 Å². The Kier molecular flexibility index (Phi) is 5.56. The third-order valence-corrected chi connectivity index (χ3v) is 5.91. The molecule has 2 aromatic carbocycles. The summed E-state index contributed by atoms with van der Waals surface area (Å²) in [5.41, 5.74) is 3.20. The van der Waals surface area contributed by atoms with E-state index in [1.807, 2.05) is 18.2 Å². The highest BCUT2D eigenvalue weighted by Gasteiger charge is 2.35. The average Bonchev–Trinajstić information content (AvgIpc) is 3.20. The second-order valence-corrected chi connectivity index (χ2v) is 7.66. The molecule has 2 aromatic rings. The maximum absolute atomic E-state index is 10.8. The molecular weight excluding hydrogens is 372 g/mol. The zero-order valence-corrected chi connectivity index (χ0v) is 17.0. The lowest BCUT2D eigenvalue weighted by Gasteiger charge is -2.27. The van der Waals surface area contributed by atoms with Crippen LogP contribution in [0.1, 0.15) is 36.8 Å². The predicted molar refractivity (Wildman–Crippen MR) is 109 cm³/mol. The number of hydrogen-bond acceptors (Lipinski definition) is 6. The van der Waals surface area contributed by atoms with Gasteiger partial charge < -0.3 is 29.2 Å². The number of aryl methyl sites for hydroxylation is 2. The van der Waals surface area contributed by atoms with E-state index in [4.69, 9.17) is 18.9 Å². The van der Waals surface area contributed by atoms with Crippen molar-refractivity contribution >= 4 is 0 Å². The van der Waals surface area contributed by atoms with Gasteiger partial charge in [0.2, 0.25) is 5.75 Å². The topological polar surface area (TPSA) is 77.4 Å². The fourth-order valence-corrected chi connectivity index (χ4v) is 4.38. The lowest BCUT2D eigenvalue weighted by atomic mass is 9.95. The van der Waals surface area contributed by atoms with Gasteiger partial charge in [0.15, 0.2) is 17.3 Å². The Morgan fingerprint density at radius 2 is 1.62 bits per heavy atom. The summed E-state index contributed by atoms with van der Waals surface area (Å²) < 4.78 is 23.0. The molecule has 0 atom stereocenters. The molecule has 0 unspecified atom stereocenters. The van der Waals surface area contributed by atoms with Gasteiger partial charge in [-0.1, -0.05) is 6.07 Å². The third kappa shape index (κ3) is 3.74. The molecule has 0 amide bonds. The zero-order chi connectivity index (χ0) is 20.4. The van der Waals surface area contributed by atoms with Gasteiger partial charge in [0.05, 0.1) is 27.4 Å². The highest BCUT2D eigenvalue weighted by atomic mass is 16.7. The number of phenolic OH excluding ortho intramolecular Hbond substituents is 2. The Balaban J connectivity index is 1.84. The highest BCUT2D eigenvalue weighted by molar-refractivity contribution is 5.81. The molecule has 29 heavy (non-hydrogen) atoms. The van der Waals surface area contributed by atoms with Crippen molar-refractivity contribution in [2.45, 2.75) is 44.3 Å². The van der Waals surface area contributed by atoms with Crippen LogP contribution in [0.3, 0.4) is 0 Å². The largest absolute Gasteiger partial charge is 0.507 e. The van der Waals surface area contributed by atoms with Crippen LogP contribution in [0.25, 0.3) is 11.1 Å². The Bertz CT molecular complexity index is 885. The first-order chi connectivity index (χ1) is 14.1. The Labute approximate surface area is 171 Å². The zero-order valence-electron chi connectivity index (χ0n) is 17.0. The van der Waals surface area contributed by atoms with E-state index in [0.717, 1.165) is 43.2 Å². The van der Waals surface area contributed by atoms with E-state index in [0.29, 0.717) is 42.3 Å². The van der Waals surface area contributed by atoms with Crippen LogP contribution < -0.4 is 9.47 Å². The summed E-state index contributed by atoms with van der Waals surface area (Å²) in [5, 5.41) is 21.3. The van der Waals surface area contributed by atoms with Gasteiger partial charge in [-0.25, -0.2) is 0 Å². The fraction of sp³-hybridized carbons (Fsp3) is 0.478. The molecule has 1 fully saturated rings. The third-order valence-electron chi connectivity index (χ3n) is 5.91. The van der Waals surface area contributed by atoms with Crippen LogP contribution in [0.2, 0.25) is 0 Å². The molecule has 2 N–H and O–H groups in total. The summed E-state index contributed by atoms with van der Waals surface area (Å²) in [7, 11) is 3.04. The van der Waals surface area contributed by atoms with E-state index in [9.17, 15) is 10.2 Å². The number of rotatable bonds is 2. The van der Waals surface area contributed by atoms with Gasteiger partial charge in [-0.3, -0.25) is 0 Å². The molecule has 6 heteroatoms. The van der Waals surface area contributed by atoms with Crippen LogP contribution in [0.5, 0.6) is 23.0 Å². The van der Waals surface area contributed by atoms with E-state index in [2.05, 4.69) is 0 Å². The maximum atomic E-state index is 10.8. The predicted octanol–water partition coefficient (Wildman–Crippen LogP) is 4.18. The first-order valence-corrected chi connectivity index (χ1v) is 10.1. The molecule has 1 heterocycles. The second kappa shape index (κ2) is 8.13. The SMILES string of the molecule is COc1c2cc(c(O)c1OC)CCCCC1(CCc3ccc(O)c-2c3)OCCO1. The number of phenols is 2. The Morgan fingerprint density at radius 1 is 0.862 bits per heavy atom. The van der Waals surface area contributed by atoms with Crippen molar-refractivity contribution in [1.29, 1.82) is 0 Å². The van der Waals surface area contributed by atoms with Crippen LogP contribution in [0, 0.1) is 0 Å². The van der Waals surface area contributed by atoms with E-state index >= 15 is 0 Å². The summed E-state index contributed by atoms with van der Waals surface area (Å²) in [5.74, 6) is 0.404. The summed E-state index contributed by atoms with van der Waals surface area (Å²) in [6.07, 6.45) is 4.83. The quantitative estimate of drug-likeness (QED) is 0.787. The van der Waals surface area contributed by atoms with Gasteiger partial charge in [0, 0.05) is 24.0 Å². The van der Waals surface area contributed by atoms with Crippen molar-refractivity contribution in [2.75, 3.05) is 27.4 Å². The molecule has 1 saturated heterocycles. The van der Waals surface area contributed by atoms with Crippen LogP contribution in [0.15, 0.2) is 24.3 Å². The maximum Gasteiger partial charge on any atom is 0.203 e. The highest BCUT2D eigenvalue weighted by Crippen LogP contribution is 2.49. The first kappa shape index (κ1) is 19.9. The van der Waals surface area contributed by atoms with E-state index in [-0.39, 0.29) is 11.5 Å². The number of ether oxygens (including phenoxy) is 4. The summed E-state index contributed by atoms with van der Waals surface area (Å²) >= 11 is 0. The molecule has 6 nitrogen and oxygen atoms in total. The van der Waals surface area contributed by atoms with Crippen molar-refractivity contribution in [3.05, 3.63) is 35.4 Å². The number of methoxy groups -OCH3 is 2. The molecule has 4 rings (SSSR count). The van der Waals surface area contributed by atoms with Crippen molar-refractivity contribution in [2.24, 2.45) is 0 Å². The standard InChI is InChI=1S/C23H28O6/c1-26-21-18-14-16(20(25)22(21)27-2)5-3-4-9-23(28-11-12-29-23)10-8-15-6-7-19(24)17(18)13-15/h6-7,13-14,24-25H,3-5,8-12H2,1-2H3. The van der Waals surface area contributed by atoms with Gasteiger partial charge in [-0.2, -0.15) is 0 Å². The van der Waals surface area contributed by atoms with Crippen molar-refractivity contribution in [1.82, 2.24) is 0 Å². The van der Waals surface area contributed by atoms with Crippen LogP contribution in [0.4, 0.5) is 0 Å². The minimum atomic E-state index is -0.540. The second-order valence-electron chi connectivity index (χ2n) is 7.66. The summed E-state index contributed by atoms with van der Waals surface area (Å²) in [6, 6.07) is 7.48. The van der Waals surface area contributed by atoms with Crippen molar-refractivity contribution < 1.29 is 29.2 Å². The number of aromatic hydroxyl groups is 2. The number of fused-ring (bicyclic) bond motifs is 5. The lowest BCUT2D eigenvalue weighted by Crippen LogP contribution is -2.30. The minimum Gasteiger partial charge on any atom is -0.507 e. The molecular formula is C23H28O6. The Morgan fingerprint density at radius 3 is 2.34 bits per heavy atom. The average molecular weight is 400 g/mol. The molecule has 1 aliphatic carbocycles. The first-order valence-electron chi connectivity index (χ1n) is 10.1. The molecule has 0 aromatic heterocycles. The van der Waals surface area contributed by atoms with E-state index in [1.165, 1.54) is 14.2 Å². The summed E-state index contributed by atoms with van der Waals surface area (Å²) in [4.78, 5) is 0. The molecule has 1 spiro atoms. The fourth-order valence-electron chi connectivity index (χ4n) is 4.38. The van der Waals surface area contributed by atoms with Gasteiger partial charge >= 0.3 is 0 Å². The minimum absolute atomic E-state index is 0.0849. The lowest BCUT2D eigenvalue weighted by molar-refractivity contribution is -0.167. The monoisotopic (exact) mass is 400 g/mol. The number of hydrogen-bond donors (Lipinski definition) is 2. The van der Waals surface area contributed by atoms with Crippen molar-refractivity contribution in [3.8, 4) is 34.1 Å². The van der Waals surface area contributed by atoms with Gasteiger partial charge in [0.25, 0.3) is 0 Å². The smallest absolute Gasteiger partial charge is 0.203 e. The van der Waals surface area contributed by atoms with Crippen molar-refractivity contribution in [3.63, 3.8) is 0 Å².